The van der Waals surface area contributed by atoms with Crippen LogP contribution in [0.25, 0.3) is 0 Å². The van der Waals surface area contributed by atoms with Gasteiger partial charge in [-0.15, -0.1) is 0 Å². The first-order valence-corrected chi connectivity index (χ1v) is 6.53. The number of anilines is 1. The number of morpholine rings is 1. The molecule has 0 saturated carbocycles. The largest absolute Gasteiger partial charge is 0.398 e. The molecule has 0 aliphatic carbocycles. The second-order valence-electron chi connectivity index (χ2n) is 4.91. The van der Waals surface area contributed by atoms with Crippen LogP contribution in [0.2, 0.25) is 0 Å². The molecular formula is C14H19N3O3. The van der Waals surface area contributed by atoms with Gasteiger partial charge in [-0.25, -0.2) is 0 Å². The fourth-order valence-electron chi connectivity index (χ4n) is 2.28. The van der Waals surface area contributed by atoms with Crippen molar-refractivity contribution < 1.29 is 14.3 Å². The smallest absolute Gasteiger partial charge is 0.250 e. The molecule has 4 N–H and O–H groups in total. The Morgan fingerprint density at radius 3 is 2.55 bits per heavy atom. The van der Waals surface area contributed by atoms with Gasteiger partial charge in [0.2, 0.25) is 5.91 Å². The van der Waals surface area contributed by atoms with Crippen molar-refractivity contribution in [1.82, 2.24) is 4.90 Å². The van der Waals surface area contributed by atoms with Crippen molar-refractivity contribution in [1.29, 1.82) is 0 Å². The van der Waals surface area contributed by atoms with Crippen LogP contribution in [-0.2, 0) is 16.0 Å². The monoisotopic (exact) mass is 277 g/mol. The zero-order valence-electron chi connectivity index (χ0n) is 11.5. The lowest BCUT2D eigenvalue weighted by Gasteiger charge is -2.27. The number of rotatable bonds is 3. The van der Waals surface area contributed by atoms with E-state index in [4.69, 9.17) is 16.2 Å². The number of benzene rings is 1. The molecule has 1 fully saturated rings. The summed E-state index contributed by atoms with van der Waals surface area (Å²) < 4.78 is 5.21. The molecule has 0 unspecified atom stereocenters. The summed E-state index contributed by atoms with van der Waals surface area (Å²) in [4.78, 5) is 25.3. The third-order valence-electron chi connectivity index (χ3n) is 3.43. The number of aryl methyl sites for hydroxylation is 1. The van der Waals surface area contributed by atoms with Crippen LogP contribution in [0.1, 0.15) is 21.5 Å². The lowest BCUT2D eigenvalue weighted by Crippen LogP contribution is -2.41. The second-order valence-corrected chi connectivity index (χ2v) is 4.91. The van der Waals surface area contributed by atoms with E-state index < -0.39 is 5.91 Å². The van der Waals surface area contributed by atoms with Crippen molar-refractivity contribution in [3.05, 3.63) is 28.8 Å². The van der Waals surface area contributed by atoms with Gasteiger partial charge in [-0.05, 0) is 24.1 Å². The summed E-state index contributed by atoms with van der Waals surface area (Å²) >= 11 is 0. The van der Waals surface area contributed by atoms with E-state index >= 15 is 0 Å². The molecule has 0 radical (unpaired) electrons. The topological polar surface area (TPSA) is 98.6 Å². The molecular weight excluding hydrogens is 258 g/mol. The predicted molar refractivity (Wildman–Crippen MR) is 75.2 cm³/mol. The quantitative estimate of drug-likeness (QED) is 0.764. The Hall–Kier alpha value is -2.08. The van der Waals surface area contributed by atoms with Gasteiger partial charge in [0.1, 0.15) is 0 Å². The number of nitrogens with zero attached hydrogens (tertiary/aromatic N) is 1. The van der Waals surface area contributed by atoms with Gasteiger partial charge < -0.3 is 21.1 Å². The minimum absolute atomic E-state index is 0.0212. The Labute approximate surface area is 117 Å². The van der Waals surface area contributed by atoms with Gasteiger partial charge in [0.15, 0.2) is 0 Å². The van der Waals surface area contributed by atoms with Gasteiger partial charge in [0.25, 0.3) is 5.91 Å². The molecule has 6 heteroatoms. The lowest BCUT2D eigenvalue weighted by atomic mass is 10.0. The first kappa shape index (κ1) is 14.3. The zero-order chi connectivity index (χ0) is 14.7. The molecule has 20 heavy (non-hydrogen) atoms. The minimum atomic E-state index is -0.578. The Kier molecular flexibility index (Phi) is 4.24. The molecule has 108 valence electrons. The van der Waals surface area contributed by atoms with E-state index in [1.54, 1.807) is 17.9 Å². The van der Waals surface area contributed by atoms with Gasteiger partial charge in [-0.1, -0.05) is 6.07 Å². The highest BCUT2D eigenvalue weighted by atomic mass is 16.5. The molecule has 0 spiro atoms. The van der Waals surface area contributed by atoms with Crippen molar-refractivity contribution in [3.8, 4) is 0 Å². The van der Waals surface area contributed by atoms with Crippen LogP contribution in [0.5, 0.6) is 0 Å². The molecule has 2 amide bonds. The Bertz CT molecular complexity index is 537. The first-order valence-electron chi connectivity index (χ1n) is 6.53. The second kappa shape index (κ2) is 5.92. The molecule has 0 bridgehead atoms. The Morgan fingerprint density at radius 1 is 1.30 bits per heavy atom. The average Bonchev–Trinajstić information content (AvgIpc) is 2.43. The molecule has 1 aliphatic rings. The van der Waals surface area contributed by atoms with E-state index in [0.29, 0.717) is 32.0 Å². The summed E-state index contributed by atoms with van der Waals surface area (Å²) in [6.45, 7) is 4.15. The number of amides is 2. The molecule has 1 aliphatic heterocycles. The molecule has 2 rings (SSSR count). The van der Waals surface area contributed by atoms with Crippen LogP contribution >= 0.6 is 0 Å². The molecule has 0 atom stereocenters. The molecule has 1 aromatic rings. The van der Waals surface area contributed by atoms with Gasteiger partial charge in [0, 0.05) is 18.8 Å². The molecule has 0 aromatic heterocycles. The van der Waals surface area contributed by atoms with E-state index in [2.05, 4.69) is 0 Å². The number of hydrogen-bond donors (Lipinski definition) is 2. The maximum atomic E-state index is 12.2. The first-order chi connectivity index (χ1) is 9.49. The summed E-state index contributed by atoms with van der Waals surface area (Å²) in [5, 5.41) is 0. The SMILES string of the molecule is Cc1cc(CC(=O)N2CCOCC2)cc(C(N)=O)c1N. The van der Waals surface area contributed by atoms with Crippen LogP contribution in [0.4, 0.5) is 5.69 Å². The number of carbonyl (C=O) groups excluding carboxylic acids is 2. The van der Waals surface area contributed by atoms with Crippen molar-refractivity contribution in [2.24, 2.45) is 5.73 Å². The zero-order valence-corrected chi connectivity index (χ0v) is 11.5. The van der Waals surface area contributed by atoms with E-state index in [9.17, 15) is 9.59 Å². The number of primary amides is 1. The number of carbonyl (C=O) groups is 2. The molecule has 1 heterocycles. The third-order valence-corrected chi connectivity index (χ3v) is 3.43. The van der Waals surface area contributed by atoms with Crippen LogP contribution < -0.4 is 11.5 Å². The standard InChI is InChI=1S/C14H19N3O3/c1-9-6-10(7-11(13(9)15)14(16)19)8-12(18)17-2-4-20-5-3-17/h6-7H,2-5,8,15H2,1H3,(H2,16,19). The summed E-state index contributed by atoms with van der Waals surface area (Å²) in [5.41, 5.74) is 13.3. The van der Waals surface area contributed by atoms with Crippen LogP contribution in [-0.4, -0.2) is 43.0 Å². The van der Waals surface area contributed by atoms with Gasteiger partial charge in [-0.2, -0.15) is 0 Å². The highest BCUT2D eigenvalue weighted by Crippen LogP contribution is 2.20. The summed E-state index contributed by atoms with van der Waals surface area (Å²) in [6.07, 6.45) is 0.237. The average molecular weight is 277 g/mol. The molecule has 1 saturated heterocycles. The maximum Gasteiger partial charge on any atom is 0.250 e. The maximum absolute atomic E-state index is 12.2. The summed E-state index contributed by atoms with van der Waals surface area (Å²) in [7, 11) is 0. The number of ether oxygens (including phenoxy) is 1. The highest BCUT2D eigenvalue weighted by Gasteiger charge is 2.18. The van der Waals surface area contributed by atoms with Crippen molar-refractivity contribution >= 4 is 17.5 Å². The lowest BCUT2D eigenvalue weighted by molar-refractivity contribution is -0.134. The highest BCUT2D eigenvalue weighted by molar-refractivity contribution is 5.99. The fraction of sp³-hybridized carbons (Fsp3) is 0.429. The van der Waals surface area contributed by atoms with Crippen LogP contribution in [0, 0.1) is 6.92 Å². The van der Waals surface area contributed by atoms with E-state index in [0.717, 1.165) is 11.1 Å². The van der Waals surface area contributed by atoms with Gasteiger partial charge in [-0.3, -0.25) is 9.59 Å². The number of hydrogen-bond acceptors (Lipinski definition) is 4. The van der Waals surface area contributed by atoms with Crippen molar-refractivity contribution in [2.75, 3.05) is 32.0 Å². The Balaban J connectivity index is 2.16. The third kappa shape index (κ3) is 3.08. The number of nitrogen functional groups attached to an aromatic ring is 1. The van der Waals surface area contributed by atoms with Gasteiger partial charge in [0.05, 0.1) is 25.2 Å². The van der Waals surface area contributed by atoms with Gasteiger partial charge >= 0.3 is 0 Å². The number of nitrogens with two attached hydrogens (primary N) is 2. The van der Waals surface area contributed by atoms with E-state index in [-0.39, 0.29) is 17.9 Å². The summed E-state index contributed by atoms with van der Waals surface area (Å²) in [5.74, 6) is -0.556. The summed E-state index contributed by atoms with van der Waals surface area (Å²) in [6, 6.07) is 3.42. The molecule has 1 aromatic carbocycles. The minimum Gasteiger partial charge on any atom is -0.398 e. The fourth-order valence-corrected chi connectivity index (χ4v) is 2.28. The predicted octanol–water partition coefficient (Wildman–Crippen LogP) is 0.0774. The van der Waals surface area contributed by atoms with Crippen LogP contribution in [0.3, 0.4) is 0 Å². The van der Waals surface area contributed by atoms with Crippen molar-refractivity contribution in [3.63, 3.8) is 0 Å². The Morgan fingerprint density at radius 2 is 1.95 bits per heavy atom. The van der Waals surface area contributed by atoms with Crippen LogP contribution in [0.15, 0.2) is 12.1 Å². The molecule has 6 nitrogen and oxygen atoms in total. The van der Waals surface area contributed by atoms with E-state index in [1.807, 2.05) is 6.07 Å². The normalized spacial score (nSPS) is 15.2. The van der Waals surface area contributed by atoms with E-state index in [1.165, 1.54) is 0 Å². The van der Waals surface area contributed by atoms with Crippen molar-refractivity contribution in [2.45, 2.75) is 13.3 Å².